The van der Waals surface area contributed by atoms with Gasteiger partial charge in [0.25, 0.3) is 5.91 Å². The first-order chi connectivity index (χ1) is 15.2. The summed E-state index contributed by atoms with van der Waals surface area (Å²) < 4.78 is 27.4. The highest BCUT2D eigenvalue weighted by Gasteiger charge is 2.24. The molecule has 1 N–H and O–H groups in total. The van der Waals surface area contributed by atoms with Crippen LogP contribution in [0.2, 0.25) is 0 Å². The van der Waals surface area contributed by atoms with E-state index in [2.05, 4.69) is 5.32 Å². The number of carbonyl (C=O) groups excluding carboxylic acids is 2. The molecular weight excluding hydrogens is 426 g/mol. The second kappa shape index (κ2) is 9.83. The second-order valence-corrected chi connectivity index (χ2v) is 10.0. The monoisotopic (exact) mass is 457 g/mol. The molecule has 0 unspecified atom stereocenters. The Bertz CT molecular complexity index is 1120. The summed E-state index contributed by atoms with van der Waals surface area (Å²) in [6, 6.07) is 10.4. The van der Waals surface area contributed by atoms with Gasteiger partial charge in [-0.1, -0.05) is 26.0 Å². The van der Waals surface area contributed by atoms with Crippen LogP contribution in [0.4, 0.5) is 5.69 Å². The van der Waals surface area contributed by atoms with E-state index in [-0.39, 0.29) is 16.7 Å². The summed E-state index contributed by atoms with van der Waals surface area (Å²) in [5, 5.41) is 2.88. The maximum Gasteiger partial charge on any atom is 0.255 e. The molecule has 1 heterocycles. The number of hydrogen-bond acceptors (Lipinski definition) is 4. The summed E-state index contributed by atoms with van der Waals surface area (Å²) in [4.78, 5) is 26.9. The topological polar surface area (TPSA) is 86.8 Å². The second-order valence-electron chi connectivity index (χ2n) is 8.08. The van der Waals surface area contributed by atoms with E-state index in [1.807, 2.05) is 19.9 Å². The predicted octanol–water partition coefficient (Wildman–Crippen LogP) is 3.71. The minimum Gasteiger partial charge on any atom is -0.338 e. The van der Waals surface area contributed by atoms with Crippen molar-refractivity contribution < 1.29 is 18.0 Å². The zero-order valence-electron chi connectivity index (χ0n) is 19.1. The molecular formula is C24H31N3O4S. The number of hydrogen-bond donors (Lipinski definition) is 1. The zero-order chi connectivity index (χ0) is 23.5. The van der Waals surface area contributed by atoms with Crippen LogP contribution < -0.4 is 5.32 Å². The van der Waals surface area contributed by atoms with Gasteiger partial charge < -0.3 is 10.2 Å². The molecule has 1 aliphatic heterocycles. The van der Waals surface area contributed by atoms with E-state index < -0.39 is 10.0 Å². The summed E-state index contributed by atoms with van der Waals surface area (Å²) in [5.41, 5.74) is 3.42. The lowest BCUT2D eigenvalue weighted by molar-refractivity contribution is -0.128. The van der Waals surface area contributed by atoms with Crippen molar-refractivity contribution in [2.24, 2.45) is 0 Å². The lowest BCUT2D eigenvalue weighted by Crippen LogP contribution is -2.30. The van der Waals surface area contributed by atoms with E-state index >= 15 is 0 Å². The quantitative estimate of drug-likeness (QED) is 0.655. The molecule has 0 atom stereocenters. The third-order valence-electron chi connectivity index (χ3n) is 5.97. The predicted molar refractivity (Wildman–Crippen MR) is 125 cm³/mol. The first-order valence-corrected chi connectivity index (χ1v) is 12.4. The van der Waals surface area contributed by atoms with Crippen LogP contribution >= 0.6 is 0 Å². The molecule has 3 rings (SSSR count). The maximum atomic E-state index is 13.0. The van der Waals surface area contributed by atoms with E-state index in [1.165, 1.54) is 10.4 Å². The van der Waals surface area contributed by atoms with Crippen molar-refractivity contribution >= 4 is 27.5 Å². The fraction of sp³-hybridized carbons (Fsp3) is 0.417. The average molecular weight is 458 g/mol. The largest absolute Gasteiger partial charge is 0.338 e. The molecule has 1 aliphatic rings. The van der Waals surface area contributed by atoms with Gasteiger partial charge in [-0.15, -0.1) is 0 Å². The van der Waals surface area contributed by atoms with Crippen LogP contribution in [0.1, 0.15) is 53.7 Å². The number of likely N-dealkylation sites (tertiary alicyclic amines) is 1. The molecule has 0 bridgehead atoms. The summed E-state index contributed by atoms with van der Waals surface area (Å²) in [6.07, 6.45) is 1.44. The van der Waals surface area contributed by atoms with Gasteiger partial charge in [0, 0.05) is 43.9 Å². The Morgan fingerprint density at radius 3 is 2.47 bits per heavy atom. The van der Waals surface area contributed by atoms with Crippen LogP contribution in [0.15, 0.2) is 41.3 Å². The van der Waals surface area contributed by atoms with Crippen LogP contribution in [0.25, 0.3) is 0 Å². The van der Waals surface area contributed by atoms with Crippen LogP contribution in [-0.4, -0.2) is 49.1 Å². The van der Waals surface area contributed by atoms with Crippen molar-refractivity contribution in [2.45, 2.75) is 52.0 Å². The first kappa shape index (κ1) is 23.9. The fourth-order valence-corrected chi connectivity index (χ4v) is 5.49. The van der Waals surface area contributed by atoms with Crippen molar-refractivity contribution in [3.05, 3.63) is 58.7 Å². The summed E-state index contributed by atoms with van der Waals surface area (Å²) in [5.74, 6) is -0.184. The normalized spacial score (nSPS) is 14.3. The Morgan fingerprint density at radius 1 is 1.12 bits per heavy atom. The first-order valence-electron chi connectivity index (χ1n) is 11.0. The Kier molecular flexibility index (Phi) is 7.36. The highest BCUT2D eigenvalue weighted by Crippen LogP contribution is 2.27. The van der Waals surface area contributed by atoms with Crippen LogP contribution in [0.5, 0.6) is 0 Å². The van der Waals surface area contributed by atoms with Gasteiger partial charge in [0.15, 0.2) is 0 Å². The van der Waals surface area contributed by atoms with Crippen molar-refractivity contribution in [3.8, 4) is 0 Å². The van der Waals surface area contributed by atoms with Gasteiger partial charge in [0.2, 0.25) is 15.9 Å². The number of benzene rings is 2. The highest BCUT2D eigenvalue weighted by molar-refractivity contribution is 7.89. The van der Waals surface area contributed by atoms with E-state index in [1.54, 1.807) is 43.0 Å². The molecule has 1 fully saturated rings. The van der Waals surface area contributed by atoms with Gasteiger partial charge in [-0.2, -0.15) is 4.31 Å². The number of rotatable bonds is 8. The molecule has 1 saturated heterocycles. The number of nitrogens with one attached hydrogen (secondary N) is 1. The highest BCUT2D eigenvalue weighted by atomic mass is 32.2. The molecule has 2 aromatic carbocycles. The molecule has 2 amide bonds. The third kappa shape index (κ3) is 5.02. The van der Waals surface area contributed by atoms with E-state index in [0.717, 1.165) is 29.7 Å². The Labute approximate surface area is 190 Å². The fourth-order valence-electron chi connectivity index (χ4n) is 3.91. The summed E-state index contributed by atoms with van der Waals surface area (Å²) in [6.45, 7) is 9.26. The average Bonchev–Trinajstić information content (AvgIpc) is 3.16. The van der Waals surface area contributed by atoms with Gasteiger partial charge in [-0.25, -0.2) is 8.42 Å². The Balaban J connectivity index is 1.85. The third-order valence-corrected chi connectivity index (χ3v) is 7.99. The zero-order valence-corrected chi connectivity index (χ0v) is 20.0. The molecule has 172 valence electrons. The summed E-state index contributed by atoms with van der Waals surface area (Å²) in [7, 11) is -3.64. The number of carbonyl (C=O) groups is 2. The van der Waals surface area contributed by atoms with E-state index in [4.69, 9.17) is 0 Å². The van der Waals surface area contributed by atoms with Gasteiger partial charge in [0.05, 0.1) is 4.90 Å². The molecule has 0 spiro atoms. The SMILES string of the molecule is CCN(CC)S(=O)(=O)c1cc(C)c(C)c(NC(=O)c2cccc(CN3CCCC3=O)c2)c1. The van der Waals surface area contributed by atoms with Gasteiger partial charge in [-0.05, 0) is 61.2 Å². The van der Waals surface area contributed by atoms with Gasteiger partial charge >= 0.3 is 0 Å². The Hall–Kier alpha value is -2.71. The number of anilines is 1. The van der Waals surface area contributed by atoms with Crippen molar-refractivity contribution in [1.82, 2.24) is 9.21 Å². The number of sulfonamides is 1. The van der Waals surface area contributed by atoms with E-state index in [9.17, 15) is 18.0 Å². The van der Waals surface area contributed by atoms with Crippen LogP contribution in [0.3, 0.4) is 0 Å². The molecule has 8 heteroatoms. The maximum absolute atomic E-state index is 13.0. The smallest absolute Gasteiger partial charge is 0.255 e. The molecule has 0 aliphatic carbocycles. The standard InChI is InChI=1S/C24H31N3O4S/c1-5-27(6-2)32(30,31)21-13-17(3)18(4)22(15-21)25-24(29)20-10-7-9-19(14-20)16-26-12-8-11-23(26)28/h7,9-10,13-15H,5-6,8,11-12,16H2,1-4H3,(H,25,29). The Morgan fingerprint density at radius 2 is 1.84 bits per heavy atom. The van der Waals surface area contributed by atoms with Crippen molar-refractivity contribution in [1.29, 1.82) is 0 Å². The minimum absolute atomic E-state index is 0.136. The van der Waals surface area contributed by atoms with Gasteiger partial charge in [-0.3, -0.25) is 9.59 Å². The molecule has 0 saturated carbocycles. The van der Waals surface area contributed by atoms with Gasteiger partial charge in [0.1, 0.15) is 0 Å². The summed E-state index contributed by atoms with van der Waals surface area (Å²) >= 11 is 0. The molecule has 2 aromatic rings. The minimum atomic E-state index is -3.64. The van der Waals surface area contributed by atoms with E-state index in [0.29, 0.717) is 37.3 Å². The number of nitrogens with zero attached hydrogens (tertiary/aromatic N) is 2. The van der Waals surface area contributed by atoms with Crippen molar-refractivity contribution in [2.75, 3.05) is 25.0 Å². The van der Waals surface area contributed by atoms with Crippen LogP contribution in [0, 0.1) is 13.8 Å². The lowest BCUT2D eigenvalue weighted by atomic mass is 10.1. The lowest BCUT2D eigenvalue weighted by Gasteiger charge is -2.20. The molecule has 0 aromatic heterocycles. The molecule has 32 heavy (non-hydrogen) atoms. The molecule has 0 radical (unpaired) electrons. The van der Waals surface area contributed by atoms with Crippen molar-refractivity contribution in [3.63, 3.8) is 0 Å². The molecule has 7 nitrogen and oxygen atoms in total. The number of amides is 2. The van der Waals surface area contributed by atoms with Crippen LogP contribution in [-0.2, 0) is 21.4 Å². The number of aryl methyl sites for hydroxylation is 1.